The van der Waals surface area contributed by atoms with E-state index in [4.69, 9.17) is 4.74 Å². The minimum Gasteiger partial charge on any atom is -0.505 e. The molecule has 9 nitrogen and oxygen atoms in total. The predicted molar refractivity (Wildman–Crippen MR) is 171 cm³/mol. The number of ketones is 1. The predicted octanol–water partition coefficient (Wildman–Crippen LogP) is 6.57. The number of carbonyl (C=O) groups is 2. The molecule has 1 aliphatic rings. The molecule has 1 atom stereocenters. The van der Waals surface area contributed by atoms with E-state index >= 15 is 0 Å². The van der Waals surface area contributed by atoms with E-state index in [1.165, 1.54) is 33.4 Å². The van der Waals surface area contributed by atoms with Crippen LogP contribution in [0.2, 0.25) is 0 Å². The molecule has 0 aliphatic carbocycles. The van der Waals surface area contributed by atoms with Gasteiger partial charge in [-0.2, -0.15) is 0 Å². The van der Waals surface area contributed by atoms with Crippen LogP contribution in [0.25, 0.3) is 22.2 Å². The van der Waals surface area contributed by atoms with E-state index in [0.29, 0.717) is 38.4 Å². The van der Waals surface area contributed by atoms with Gasteiger partial charge < -0.3 is 9.84 Å². The van der Waals surface area contributed by atoms with E-state index in [1.807, 2.05) is 30.3 Å². The number of imidazole rings is 1. The number of anilines is 1. The lowest BCUT2D eigenvalue weighted by molar-refractivity contribution is -0.132. The minimum absolute atomic E-state index is 0.0582. The number of methoxy groups -OCH3 is 1. The van der Waals surface area contributed by atoms with E-state index in [9.17, 15) is 14.7 Å². The van der Waals surface area contributed by atoms with Crippen molar-refractivity contribution in [2.45, 2.75) is 23.1 Å². The van der Waals surface area contributed by atoms with Gasteiger partial charge in [-0.1, -0.05) is 83.8 Å². The summed E-state index contributed by atoms with van der Waals surface area (Å²) in [5.74, 6) is -0.734. The van der Waals surface area contributed by atoms with Crippen LogP contribution in [-0.2, 0) is 15.3 Å². The van der Waals surface area contributed by atoms with E-state index in [0.717, 1.165) is 10.9 Å². The molecule has 11 heteroatoms. The number of hydrogen-bond donors (Lipinski definition) is 1. The van der Waals surface area contributed by atoms with Crippen LogP contribution in [0.4, 0.5) is 5.13 Å². The summed E-state index contributed by atoms with van der Waals surface area (Å²) in [7, 11) is 1.54. The first-order valence-electron chi connectivity index (χ1n) is 13.8. The zero-order valence-corrected chi connectivity index (χ0v) is 25.3. The maximum absolute atomic E-state index is 13.7. The van der Waals surface area contributed by atoms with Crippen molar-refractivity contribution in [1.82, 2.24) is 19.6 Å². The Balaban J connectivity index is 1.30. The summed E-state index contributed by atoms with van der Waals surface area (Å²) in [6.07, 6.45) is 1.76. The molecular formula is C33H25N5O4S2. The Morgan fingerprint density at radius 3 is 2.66 bits per heavy atom. The number of benzene rings is 3. The number of aliphatic hydroxyl groups excluding tert-OH is 1. The average Bonchev–Trinajstić information content (AvgIpc) is 3.73. The Morgan fingerprint density at radius 1 is 1.00 bits per heavy atom. The molecule has 1 fully saturated rings. The highest BCUT2D eigenvalue weighted by molar-refractivity contribution is 8.00. The van der Waals surface area contributed by atoms with E-state index in [-0.39, 0.29) is 16.5 Å². The van der Waals surface area contributed by atoms with Crippen LogP contribution >= 0.6 is 23.1 Å². The second kappa shape index (κ2) is 11.3. The highest BCUT2D eigenvalue weighted by Crippen LogP contribution is 2.45. The van der Waals surface area contributed by atoms with Gasteiger partial charge in [0.2, 0.25) is 5.13 Å². The number of aryl methyl sites for hydroxylation is 1. The van der Waals surface area contributed by atoms with Crippen molar-refractivity contribution in [2.24, 2.45) is 0 Å². The van der Waals surface area contributed by atoms with Gasteiger partial charge in [0.25, 0.3) is 5.78 Å². The lowest BCUT2D eigenvalue weighted by Gasteiger charge is -2.22. The molecule has 1 aliphatic heterocycles. The molecule has 6 aromatic rings. The monoisotopic (exact) mass is 619 g/mol. The third-order valence-corrected chi connectivity index (χ3v) is 9.72. The summed E-state index contributed by atoms with van der Waals surface area (Å²) in [6, 6.07) is 26.0. The van der Waals surface area contributed by atoms with Gasteiger partial charge in [0.15, 0.2) is 10.1 Å². The van der Waals surface area contributed by atoms with Gasteiger partial charge in [0.1, 0.15) is 17.1 Å². The molecule has 1 N–H and O–H groups in total. The fraction of sp³-hybridized carbons (Fsp3) is 0.121. The van der Waals surface area contributed by atoms with Crippen molar-refractivity contribution in [3.05, 3.63) is 119 Å². The summed E-state index contributed by atoms with van der Waals surface area (Å²) in [6.45, 7) is 1.75. The van der Waals surface area contributed by atoms with Crippen LogP contribution < -0.4 is 9.64 Å². The molecule has 1 unspecified atom stereocenters. The number of pyridine rings is 1. The first kappa shape index (κ1) is 27.8. The van der Waals surface area contributed by atoms with Crippen LogP contribution in [0.15, 0.2) is 101 Å². The molecule has 3 aromatic heterocycles. The number of hydrogen-bond acceptors (Lipinski definition) is 9. The number of aromatic nitrogens is 4. The van der Waals surface area contributed by atoms with Crippen LogP contribution in [0, 0.1) is 6.92 Å². The first-order valence-corrected chi connectivity index (χ1v) is 15.6. The lowest BCUT2D eigenvalue weighted by atomic mass is 9.96. The van der Waals surface area contributed by atoms with Crippen LogP contribution in [-0.4, -0.2) is 43.5 Å². The van der Waals surface area contributed by atoms with Gasteiger partial charge in [-0.15, -0.1) is 10.2 Å². The molecule has 44 heavy (non-hydrogen) atoms. The number of carbonyl (C=O) groups excluding carboxylic acids is 2. The molecule has 3 aromatic carbocycles. The van der Waals surface area contributed by atoms with Crippen molar-refractivity contribution in [3.8, 4) is 5.75 Å². The molecule has 218 valence electrons. The number of amides is 1. The number of nitrogens with zero attached hydrogens (tertiary/aromatic N) is 5. The van der Waals surface area contributed by atoms with Crippen LogP contribution in [0.1, 0.15) is 28.6 Å². The van der Waals surface area contributed by atoms with Crippen molar-refractivity contribution in [1.29, 1.82) is 0 Å². The number of ether oxygens (including phenoxy) is 1. The second-order valence-electron chi connectivity index (χ2n) is 10.2. The Hall–Kier alpha value is -5.00. The van der Waals surface area contributed by atoms with Crippen LogP contribution in [0.5, 0.6) is 5.75 Å². The third-order valence-electron chi connectivity index (χ3n) is 7.62. The quantitative estimate of drug-likeness (QED) is 0.0702. The third kappa shape index (κ3) is 4.70. The molecular weight excluding hydrogens is 595 g/mol. The highest BCUT2D eigenvalue weighted by Gasteiger charge is 2.49. The molecule has 1 saturated heterocycles. The van der Waals surface area contributed by atoms with Crippen molar-refractivity contribution in [2.75, 3.05) is 12.0 Å². The molecule has 0 radical (unpaired) electrons. The molecule has 0 saturated carbocycles. The van der Waals surface area contributed by atoms with Crippen molar-refractivity contribution >= 4 is 62.1 Å². The summed E-state index contributed by atoms with van der Waals surface area (Å²) >= 11 is 2.74. The Kier molecular flexibility index (Phi) is 7.11. The fourth-order valence-corrected chi connectivity index (χ4v) is 7.47. The fourth-order valence-electron chi connectivity index (χ4n) is 5.60. The standard InChI is InChI=1S/C33H25N5O4S2/c1-19-27(37-16-6-5-15-25(37)34-19)29(39)26-28(21-11-8-13-23(17-21)42-2)38(31(41)30(26)40)32-35-36-33(44-32)43-18-22-12-7-10-20-9-3-4-14-24(20)22/h3-17,28,39H,18H2,1-2H3/b29-26+. The number of Topliss-reactive ketones (excluding diaryl/α,β-unsaturated/α-hetero) is 1. The normalized spacial score (nSPS) is 16.3. The summed E-state index contributed by atoms with van der Waals surface area (Å²) in [4.78, 5) is 33.3. The van der Waals surface area contributed by atoms with Gasteiger partial charge in [-0.25, -0.2) is 4.98 Å². The van der Waals surface area contributed by atoms with Gasteiger partial charge >= 0.3 is 5.91 Å². The van der Waals surface area contributed by atoms with E-state index in [1.54, 1.807) is 55.0 Å². The molecule has 4 heterocycles. The Labute approximate surface area is 260 Å². The number of rotatable bonds is 7. The van der Waals surface area contributed by atoms with Gasteiger partial charge in [0, 0.05) is 11.9 Å². The van der Waals surface area contributed by atoms with E-state index < -0.39 is 17.7 Å². The van der Waals surface area contributed by atoms with Crippen LogP contribution in [0.3, 0.4) is 0 Å². The van der Waals surface area contributed by atoms with Gasteiger partial charge in [-0.3, -0.25) is 18.9 Å². The maximum atomic E-state index is 13.7. The minimum atomic E-state index is -0.970. The zero-order chi connectivity index (χ0) is 30.4. The number of thioether (sulfide) groups is 1. The van der Waals surface area contributed by atoms with Crippen molar-refractivity contribution < 1.29 is 19.4 Å². The first-order chi connectivity index (χ1) is 21.4. The lowest BCUT2D eigenvalue weighted by Crippen LogP contribution is -2.29. The SMILES string of the molecule is COc1cccc(C2/C(=C(\O)c3c(C)nc4ccccn34)C(=O)C(=O)N2c2nnc(SCc3cccc4ccccc34)s2)c1. The number of aliphatic hydroxyl groups is 1. The maximum Gasteiger partial charge on any atom is 0.301 e. The molecule has 0 bridgehead atoms. The topological polar surface area (TPSA) is 110 Å². The summed E-state index contributed by atoms with van der Waals surface area (Å²) < 4.78 is 7.80. The van der Waals surface area contributed by atoms with Gasteiger partial charge in [-0.05, 0) is 53.1 Å². The smallest absolute Gasteiger partial charge is 0.301 e. The van der Waals surface area contributed by atoms with Crippen molar-refractivity contribution in [3.63, 3.8) is 0 Å². The summed E-state index contributed by atoms with van der Waals surface area (Å²) in [5, 5.41) is 23.0. The summed E-state index contributed by atoms with van der Waals surface area (Å²) in [5.41, 5.74) is 3.15. The Bertz CT molecular complexity index is 2110. The molecule has 1 amide bonds. The average molecular weight is 620 g/mol. The molecule has 0 spiro atoms. The second-order valence-corrected chi connectivity index (χ2v) is 12.4. The number of fused-ring (bicyclic) bond motifs is 2. The van der Waals surface area contributed by atoms with Gasteiger partial charge in [0.05, 0.1) is 24.4 Å². The zero-order valence-electron chi connectivity index (χ0n) is 23.7. The van der Waals surface area contributed by atoms with E-state index in [2.05, 4.69) is 39.4 Å². The Morgan fingerprint density at radius 2 is 1.80 bits per heavy atom. The highest BCUT2D eigenvalue weighted by atomic mass is 32.2. The largest absolute Gasteiger partial charge is 0.505 e. The molecule has 7 rings (SSSR count).